The summed E-state index contributed by atoms with van der Waals surface area (Å²) >= 11 is 0. The molecule has 4 aromatic carbocycles. The van der Waals surface area contributed by atoms with Crippen LogP contribution in [0, 0.1) is 11.3 Å². The second-order valence-electron chi connectivity index (χ2n) is 8.64. The third kappa shape index (κ3) is 6.55. The molecule has 0 aromatic heterocycles. The highest BCUT2D eigenvalue weighted by molar-refractivity contribution is 5.69. The number of hydrogen-bond donors (Lipinski definition) is 0. The van der Waals surface area contributed by atoms with E-state index in [9.17, 15) is 0 Å². The molecule has 1 atom stereocenters. The van der Waals surface area contributed by atoms with Crippen molar-refractivity contribution < 1.29 is 0 Å². The van der Waals surface area contributed by atoms with Crippen molar-refractivity contribution in [3.63, 3.8) is 0 Å². The van der Waals surface area contributed by atoms with Gasteiger partial charge in [0.2, 0.25) is 0 Å². The van der Waals surface area contributed by atoms with E-state index >= 15 is 0 Å². The molecule has 0 amide bonds. The highest BCUT2D eigenvalue weighted by atomic mass is 14.2. The molecule has 0 aliphatic carbocycles. The number of nitriles is 1. The van der Waals surface area contributed by atoms with Crippen LogP contribution >= 0.6 is 0 Å². The lowest BCUT2D eigenvalue weighted by Crippen LogP contribution is -1.98. The van der Waals surface area contributed by atoms with E-state index < -0.39 is 0 Å². The Morgan fingerprint density at radius 1 is 0.636 bits per heavy atom. The summed E-state index contributed by atoms with van der Waals surface area (Å²) in [5, 5.41) is 8.91. The zero-order valence-electron chi connectivity index (χ0n) is 19.1. The lowest BCUT2D eigenvalue weighted by atomic mass is 9.93. The van der Waals surface area contributed by atoms with Crippen LogP contribution in [0.2, 0.25) is 0 Å². The highest BCUT2D eigenvalue weighted by Crippen LogP contribution is 2.21. The van der Waals surface area contributed by atoms with Gasteiger partial charge in [0.15, 0.2) is 0 Å². The molecule has 1 nitrogen and oxygen atoms in total. The van der Waals surface area contributed by atoms with E-state index in [1.807, 2.05) is 24.3 Å². The molecule has 0 N–H and O–H groups in total. The Hall–Kier alpha value is -3.89. The van der Waals surface area contributed by atoms with E-state index in [1.54, 1.807) is 0 Å². The molecule has 0 heterocycles. The number of aryl methyl sites for hydroxylation is 2. The van der Waals surface area contributed by atoms with Gasteiger partial charge in [-0.15, -0.1) is 0 Å². The molecule has 1 heteroatoms. The Labute approximate surface area is 197 Å². The Balaban J connectivity index is 1.29. The second-order valence-corrected chi connectivity index (χ2v) is 8.64. The molecule has 4 aromatic rings. The van der Waals surface area contributed by atoms with E-state index in [0.29, 0.717) is 11.5 Å². The van der Waals surface area contributed by atoms with Gasteiger partial charge in [-0.1, -0.05) is 110 Å². The van der Waals surface area contributed by atoms with Gasteiger partial charge in [-0.25, -0.2) is 0 Å². The van der Waals surface area contributed by atoms with Crippen molar-refractivity contribution in [1.82, 2.24) is 0 Å². The number of rotatable bonds is 8. The average Bonchev–Trinajstić information content (AvgIpc) is 2.88. The number of benzene rings is 4. The summed E-state index contributed by atoms with van der Waals surface area (Å²) in [6.45, 7) is 2.29. The quantitative estimate of drug-likeness (QED) is 0.263. The predicted octanol–water partition coefficient (Wildman–Crippen LogP) is 7.86. The lowest BCUT2D eigenvalue weighted by Gasteiger charge is -2.12. The van der Waals surface area contributed by atoms with Crippen molar-refractivity contribution in [2.24, 2.45) is 0 Å². The second kappa shape index (κ2) is 11.1. The highest BCUT2D eigenvalue weighted by Gasteiger charge is 2.06. The maximum Gasteiger partial charge on any atom is 0.0991 e. The smallest absolute Gasteiger partial charge is 0.0991 e. The van der Waals surface area contributed by atoms with Gasteiger partial charge in [-0.2, -0.15) is 5.26 Å². The number of hydrogen-bond acceptors (Lipinski definition) is 1. The molecule has 0 bridgehead atoms. The Bertz CT molecular complexity index is 1210. The Kier molecular flexibility index (Phi) is 7.52. The standard InChI is InChI=1S/C32H29N/c1-25(32-5-3-2-4-6-32)23-30-19-15-28(16-20-30)13-11-26-7-9-27(10-8-26)12-14-29-17-21-31(24-33)22-18-29/h2-11,13,15-22,25H,12,14,23H2,1H3/t25-/m1/s1. The van der Waals surface area contributed by atoms with E-state index in [4.69, 9.17) is 5.26 Å². The average molecular weight is 428 g/mol. The van der Waals surface area contributed by atoms with Crippen LogP contribution in [0.15, 0.2) is 103 Å². The first-order valence-corrected chi connectivity index (χ1v) is 11.6. The van der Waals surface area contributed by atoms with Crippen LogP contribution in [0.3, 0.4) is 0 Å². The predicted molar refractivity (Wildman–Crippen MR) is 139 cm³/mol. The van der Waals surface area contributed by atoms with Crippen molar-refractivity contribution in [2.45, 2.75) is 32.1 Å². The monoisotopic (exact) mass is 427 g/mol. The minimum absolute atomic E-state index is 0.517. The minimum atomic E-state index is 0.517. The van der Waals surface area contributed by atoms with E-state index in [1.165, 1.54) is 33.4 Å². The summed E-state index contributed by atoms with van der Waals surface area (Å²) in [5.41, 5.74) is 8.49. The fourth-order valence-electron chi connectivity index (χ4n) is 4.04. The van der Waals surface area contributed by atoms with Crippen LogP contribution in [0.5, 0.6) is 0 Å². The zero-order chi connectivity index (χ0) is 22.9. The summed E-state index contributed by atoms with van der Waals surface area (Å²) in [6.07, 6.45) is 7.38. The molecule has 0 fully saturated rings. The first-order chi connectivity index (χ1) is 16.2. The largest absolute Gasteiger partial charge is 0.192 e. The molecule has 162 valence electrons. The summed E-state index contributed by atoms with van der Waals surface area (Å²) in [6, 6.07) is 38.4. The fourth-order valence-corrected chi connectivity index (χ4v) is 4.04. The third-order valence-corrected chi connectivity index (χ3v) is 6.12. The maximum atomic E-state index is 8.91. The zero-order valence-corrected chi connectivity index (χ0v) is 19.1. The fraction of sp³-hybridized carbons (Fsp3) is 0.156. The topological polar surface area (TPSA) is 23.8 Å². The number of nitrogens with zero attached hydrogens (tertiary/aromatic N) is 1. The molecule has 4 rings (SSSR count). The van der Waals surface area contributed by atoms with Gasteiger partial charge in [0.05, 0.1) is 11.6 Å². The van der Waals surface area contributed by atoms with Gasteiger partial charge >= 0.3 is 0 Å². The summed E-state index contributed by atoms with van der Waals surface area (Å²) in [4.78, 5) is 0. The van der Waals surface area contributed by atoms with Crippen LogP contribution in [-0.4, -0.2) is 0 Å². The summed E-state index contributed by atoms with van der Waals surface area (Å²) in [5.74, 6) is 0.517. The van der Waals surface area contributed by atoms with Gasteiger partial charge < -0.3 is 0 Å². The van der Waals surface area contributed by atoms with Gasteiger partial charge in [0, 0.05) is 0 Å². The van der Waals surface area contributed by atoms with E-state index in [-0.39, 0.29) is 0 Å². The van der Waals surface area contributed by atoms with Crippen molar-refractivity contribution in [1.29, 1.82) is 5.26 Å². The lowest BCUT2D eigenvalue weighted by molar-refractivity contribution is 0.759. The molecule has 0 aliphatic heterocycles. The molecular formula is C32H29N. The molecule has 0 saturated carbocycles. The molecule has 0 spiro atoms. The normalized spacial score (nSPS) is 11.9. The molecule has 33 heavy (non-hydrogen) atoms. The summed E-state index contributed by atoms with van der Waals surface area (Å²) in [7, 11) is 0. The van der Waals surface area contributed by atoms with Crippen LogP contribution in [0.25, 0.3) is 12.2 Å². The molecule has 0 unspecified atom stereocenters. The first kappa shape index (κ1) is 22.3. The first-order valence-electron chi connectivity index (χ1n) is 11.6. The summed E-state index contributed by atoms with van der Waals surface area (Å²) < 4.78 is 0. The van der Waals surface area contributed by atoms with Gasteiger partial charge in [-0.05, 0) is 70.7 Å². The van der Waals surface area contributed by atoms with Gasteiger partial charge in [0.1, 0.15) is 0 Å². The van der Waals surface area contributed by atoms with Crippen LogP contribution in [-0.2, 0) is 19.3 Å². The third-order valence-electron chi connectivity index (χ3n) is 6.12. The van der Waals surface area contributed by atoms with Crippen LogP contribution in [0.1, 0.15) is 51.8 Å². The van der Waals surface area contributed by atoms with E-state index in [2.05, 4.69) is 104 Å². The molecule has 0 radical (unpaired) electrons. The van der Waals surface area contributed by atoms with E-state index in [0.717, 1.165) is 19.3 Å². The van der Waals surface area contributed by atoms with Crippen molar-refractivity contribution in [3.05, 3.63) is 142 Å². The van der Waals surface area contributed by atoms with Gasteiger partial charge in [0.25, 0.3) is 0 Å². The van der Waals surface area contributed by atoms with Crippen LogP contribution < -0.4 is 0 Å². The molecular weight excluding hydrogens is 398 g/mol. The Morgan fingerprint density at radius 2 is 1.12 bits per heavy atom. The molecule has 0 saturated heterocycles. The van der Waals surface area contributed by atoms with Gasteiger partial charge in [-0.3, -0.25) is 0 Å². The minimum Gasteiger partial charge on any atom is -0.192 e. The SMILES string of the molecule is C[C@H](Cc1ccc(C=Cc2ccc(CCc3ccc(C#N)cc3)cc2)cc1)c1ccccc1. The van der Waals surface area contributed by atoms with Crippen molar-refractivity contribution in [2.75, 3.05) is 0 Å². The van der Waals surface area contributed by atoms with Crippen molar-refractivity contribution >= 4 is 12.2 Å². The van der Waals surface area contributed by atoms with Crippen LogP contribution in [0.4, 0.5) is 0 Å². The maximum absolute atomic E-state index is 8.91. The Morgan fingerprint density at radius 3 is 1.64 bits per heavy atom. The molecule has 0 aliphatic rings. The van der Waals surface area contributed by atoms with Crippen molar-refractivity contribution in [3.8, 4) is 6.07 Å².